The SMILES string of the molecule is COc1cccc(Cl)c1C(C)CN. The van der Waals surface area contributed by atoms with Crippen molar-refractivity contribution in [2.24, 2.45) is 5.73 Å². The maximum Gasteiger partial charge on any atom is 0.123 e. The molecule has 0 saturated heterocycles. The molecule has 0 radical (unpaired) electrons. The van der Waals surface area contributed by atoms with E-state index in [9.17, 15) is 0 Å². The predicted octanol–water partition coefficient (Wildman–Crippen LogP) is 2.41. The third-order valence-corrected chi connectivity index (χ3v) is 2.41. The second-order valence-electron chi connectivity index (χ2n) is 2.99. The Hall–Kier alpha value is -0.730. The summed E-state index contributed by atoms with van der Waals surface area (Å²) in [5.41, 5.74) is 6.58. The Labute approximate surface area is 83.6 Å². The normalized spacial score (nSPS) is 12.6. The van der Waals surface area contributed by atoms with Crippen molar-refractivity contribution in [1.29, 1.82) is 0 Å². The van der Waals surface area contributed by atoms with Crippen LogP contribution in [-0.4, -0.2) is 13.7 Å². The summed E-state index contributed by atoms with van der Waals surface area (Å²) in [5.74, 6) is 1.04. The number of hydrogen-bond donors (Lipinski definition) is 1. The van der Waals surface area contributed by atoms with E-state index in [1.807, 2.05) is 25.1 Å². The lowest BCUT2D eigenvalue weighted by Gasteiger charge is -2.15. The molecule has 0 aromatic heterocycles. The van der Waals surface area contributed by atoms with E-state index in [0.717, 1.165) is 16.3 Å². The van der Waals surface area contributed by atoms with Crippen molar-refractivity contribution in [3.8, 4) is 5.75 Å². The molecule has 0 spiro atoms. The highest BCUT2D eigenvalue weighted by Gasteiger charge is 2.13. The molecule has 1 unspecified atom stereocenters. The number of halogens is 1. The van der Waals surface area contributed by atoms with Crippen LogP contribution < -0.4 is 10.5 Å². The highest BCUT2D eigenvalue weighted by molar-refractivity contribution is 6.31. The molecule has 0 heterocycles. The topological polar surface area (TPSA) is 35.2 Å². The number of benzene rings is 1. The van der Waals surface area contributed by atoms with Crippen LogP contribution in [0.3, 0.4) is 0 Å². The third kappa shape index (κ3) is 2.14. The molecule has 72 valence electrons. The molecule has 2 N–H and O–H groups in total. The van der Waals surface area contributed by atoms with Crippen molar-refractivity contribution in [2.45, 2.75) is 12.8 Å². The molecule has 2 nitrogen and oxygen atoms in total. The van der Waals surface area contributed by atoms with Crippen LogP contribution in [0.2, 0.25) is 5.02 Å². The van der Waals surface area contributed by atoms with Crippen LogP contribution in [0.25, 0.3) is 0 Å². The summed E-state index contributed by atoms with van der Waals surface area (Å²) in [6.07, 6.45) is 0. The fourth-order valence-electron chi connectivity index (χ4n) is 1.29. The Morgan fingerprint density at radius 1 is 1.54 bits per heavy atom. The van der Waals surface area contributed by atoms with E-state index >= 15 is 0 Å². The van der Waals surface area contributed by atoms with Gasteiger partial charge < -0.3 is 10.5 Å². The van der Waals surface area contributed by atoms with Crippen LogP contribution in [0, 0.1) is 0 Å². The Morgan fingerprint density at radius 3 is 2.77 bits per heavy atom. The van der Waals surface area contributed by atoms with Gasteiger partial charge in [-0.1, -0.05) is 24.6 Å². The zero-order chi connectivity index (χ0) is 9.84. The van der Waals surface area contributed by atoms with Gasteiger partial charge in [-0.15, -0.1) is 0 Å². The zero-order valence-electron chi connectivity index (χ0n) is 7.88. The van der Waals surface area contributed by atoms with Crippen molar-refractivity contribution >= 4 is 11.6 Å². The molecule has 0 aliphatic rings. The Kier molecular flexibility index (Phi) is 3.58. The highest BCUT2D eigenvalue weighted by atomic mass is 35.5. The van der Waals surface area contributed by atoms with Crippen molar-refractivity contribution < 1.29 is 4.74 Å². The summed E-state index contributed by atoms with van der Waals surface area (Å²) < 4.78 is 5.21. The maximum absolute atomic E-state index is 6.05. The number of ether oxygens (including phenoxy) is 1. The smallest absolute Gasteiger partial charge is 0.123 e. The van der Waals surface area contributed by atoms with Gasteiger partial charge in [0.15, 0.2) is 0 Å². The maximum atomic E-state index is 6.05. The van der Waals surface area contributed by atoms with Crippen LogP contribution >= 0.6 is 11.6 Å². The standard InChI is InChI=1S/C10H14ClNO/c1-7(6-12)10-8(11)4-3-5-9(10)13-2/h3-5,7H,6,12H2,1-2H3. The molecule has 1 aromatic rings. The van der Waals surface area contributed by atoms with Gasteiger partial charge in [0.25, 0.3) is 0 Å². The van der Waals surface area contributed by atoms with E-state index in [0.29, 0.717) is 6.54 Å². The molecule has 13 heavy (non-hydrogen) atoms. The van der Waals surface area contributed by atoms with Gasteiger partial charge in [0, 0.05) is 10.6 Å². The van der Waals surface area contributed by atoms with E-state index in [1.54, 1.807) is 7.11 Å². The number of hydrogen-bond acceptors (Lipinski definition) is 2. The summed E-state index contributed by atoms with van der Waals surface area (Å²) in [4.78, 5) is 0. The molecule has 0 aliphatic carbocycles. The molecule has 0 saturated carbocycles. The minimum atomic E-state index is 0.226. The molecular formula is C10H14ClNO. The first-order chi connectivity index (χ1) is 6.20. The summed E-state index contributed by atoms with van der Waals surface area (Å²) in [5, 5.41) is 0.720. The first kappa shape index (κ1) is 10.4. The molecular weight excluding hydrogens is 186 g/mol. The third-order valence-electron chi connectivity index (χ3n) is 2.08. The molecule has 1 aromatic carbocycles. The van der Waals surface area contributed by atoms with E-state index in [1.165, 1.54) is 0 Å². The van der Waals surface area contributed by atoms with Gasteiger partial charge in [-0.3, -0.25) is 0 Å². The second kappa shape index (κ2) is 4.49. The van der Waals surface area contributed by atoms with Gasteiger partial charge in [0.2, 0.25) is 0 Å². The molecule has 3 heteroatoms. The molecule has 1 rings (SSSR count). The molecule has 0 aliphatic heterocycles. The van der Waals surface area contributed by atoms with Gasteiger partial charge in [0.05, 0.1) is 7.11 Å². The summed E-state index contributed by atoms with van der Waals surface area (Å²) >= 11 is 6.05. The zero-order valence-corrected chi connectivity index (χ0v) is 8.64. The number of methoxy groups -OCH3 is 1. The first-order valence-corrected chi connectivity index (χ1v) is 4.61. The average molecular weight is 200 g/mol. The van der Waals surface area contributed by atoms with E-state index < -0.39 is 0 Å². The van der Waals surface area contributed by atoms with Crippen molar-refractivity contribution in [2.75, 3.05) is 13.7 Å². The lowest BCUT2D eigenvalue weighted by atomic mass is 10.0. The number of rotatable bonds is 3. The van der Waals surface area contributed by atoms with Crippen molar-refractivity contribution in [3.63, 3.8) is 0 Å². The van der Waals surface area contributed by atoms with E-state index in [2.05, 4.69) is 0 Å². The van der Waals surface area contributed by atoms with Crippen LogP contribution in [0.4, 0.5) is 0 Å². The van der Waals surface area contributed by atoms with Gasteiger partial charge in [-0.05, 0) is 24.6 Å². The van der Waals surface area contributed by atoms with Crippen LogP contribution in [0.1, 0.15) is 18.4 Å². The summed E-state index contributed by atoms with van der Waals surface area (Å²) in [7, 11) is 1.64. The minimum absolute atomic E-state index is 0.226. The van der Waals surface area contributed by atoms with E-state index in [4.69, 9.17) is 22.1 Å². The summed E-state index contributed by atoms with van der Waals surface area (Å²) in [6.45, 7) is 2.60. The van der Waals surface area contributed by atoms with Crippen molar-refractivity contribution in [1.82, 2.24) is 0 Å². The fourth-order valence-corrected chi connectivity index (χ4v) is 1.64. The van der Waals surface area contributed by atoms with Crippen LogP contribution in [0.5, 0.6) is 5.75 Å². The Balaban J connectivity index is 3.14. The quantitative estimate of drug-likeness (QED) is 0.812. The van der Waals surface area contributed by atoms with Gasteiger partial charge in [0.1, 0.15) is 5.75 Å². The monoisotopic (exact) mass is 199 g/mol. The average Bonchev–Trinajstić information content (AvgIpc) is 2.16. The lowest BCUT2D eigenvalue weighted by molar-refractivity contribution is 0.407. The van der Waals surface area contributed by atoms with Gasteiger partial charge in [-0.25, -0.2) is 0 Å². The van der Waals surface area contributed by atoms with E-state index in [-0.39, 0.29) is 5.92 Å². The largest absolute Gasteiger partial charge is 0.496 e. The van der Waals surface area contributed by atoms with Crippen LogP contribution in [0.15, 0.2) is 18.2 Å². The molecule has 0 bridgehead atoms. The molecule has 0 fully saturated rings. The molecule has 0 amide bonds. The second-order valence-corrected chi connectivity index (χ2v) is 3.40. The Morgan fingerprint density at radius 2 is 2.23 bits per heavy atom. The fraction of sp³-hybridized carbons (Fsp3) is 0.400. The highest BCUT2D eigenvalue weighted by Crippen LogP contribution is 2.32. The molecule has 1 atom stereocenters. The van der Waals surface area contributed by atoms with Gasteiger partial charge >= 0.3 is 0 Å². The van der Waals surface area contributed by atoms with Crippen molar-refractivity contribution in [3.05, 3.63) is 28.8 Å². The van der Waals surface area contributed by atoms with Crippen LogP contribution in [-0.2, 0) is 0 Å². The Bertz CT molecular complexity index is 288. The minimum Gasteiger partial charge on any atom is -0.496 e. The predicted molar refractivity (Wildman–Crippen MR) is 55.5 cm³/mol. The van der Waals surface area contributed by atoms with Gasteiger partial charge in [-0.2, -0.15) is 0 Å². The lowest BCUT2D eigenvalue weighted by Crippen LogP contribution is -2.10. The summed E-state index contributed by atoms with van der Waals surface area (Å²) in [6, 6.07) is 5.62. The first-order valence-electron chi connectivity index (χ1n) is 4.23. The number of nitrogens with two attached hydrogens (primary N) is 1.